The Hall–Kier alpha value is -4.17. The summed E-state index contributed by atoms with van der Waals surface area (Å²) in [6.07, 6.45) is 1.66. The topological polar surface area (TPSA) is 82.4 Å². The van der Waals surface area contributed by atoms with Gasteiger partial charge in [-0.05, 0) is 34.5 Å². The predicted octanol–water partition coefficient (Wildman–Crippen LogP) is 4.78. The molecule has 0 bridgehead atoms. The molecule has 0 fully saturated rings. The van der Waals surface area contributed by atoms with E-state index in [0.717, 1.165) is 27.2 Å². The molecule has 0 aliphatic rings. The summed E-state index contributed by atoms with van der Waals surface area (Å²) < 4.78 is 8.93. The molecule has 3 aromatic heterocycles. The second-order valence-electron chi connectivity index (χ2n) is 7.88. The average molecular weight is 467 g/mol. The molecule has 0 amide bonds. The van der Waals surface area contributed by atoms with Crippen LogP contribution in [0.2, 0.25) is 0 Å². The van der Waals surface area contributed by atoms with Gasteiger partial charge in [0.2, 0.25) is 5.78 Å². The third-order valence-corrected chi connectivity index (χ3v) is 6.84. The number of allylic oxidation sites excluding steroid dienone is 1. The van der Waals surface area contributed by atoms with Crippen LogP contribution in [0, 0.1) is 0 Å². The smallest absolute Gasteiger partial charge is 0.336 e. The third-order valence-electron chi connectivity index (χ3n) is 5.86. The van der Waals surface area contributed by atoms with Crippen LogP contribution in [-0.4, -0.2) is 19.2 Å². The van der Waals surface area contributed by atoms with Gasteiger partial charge in [-0.2, -0.15) is 0 Å². The van der Waals surface area contributed by atoms with Crippen molar-refractivity contribution in [2.75, 3.05) is 0 Å². The van der Waals surface area contributed by atoms with Crippen molar-refractivity contribution in [2.24, 2.45) is 0 Å². The first-order chi connectivity index (χ1) is 16.7. The molecule has 0 aliphatic heterocycles. The fourth-order valence-electron chi connectivity index (χ4n) is 4.40. The molecule has 0 saturated heterocycles. The summed E-state index contributed by atoms with van der Waals surface area (Å²) in [6, 6.07) is 20.8. The fourth-order valence-corrected chi connectivity index (χ4v) is 5.32. The highest BCUT2D eigenvalue weighted by molar-refractivity contribution is 7.98. The first-order valence-electron chi connectivity index (χ1n) is 10.7. The van der Waals surface area contributed by atoms with Gasteiger partial charge in [0, 0.05) is 23.8 Å². The number of hydrogen-bond donors (Lipinski definition) is 0. The van der Waals surface area contributed by atoms with E-state index in [-0.39, 0.29) is 5.56 Å². The van der Waals surface area contributed by atoms with E-state index in [1.54, 1.807) is 16.7 Å². The van der Waals surface area contributed by atoms with Gasteiger partial charge in [-0.3, -0.25) is 13.8 Å². The quantitative estimate of drug-likeness (QED) is 0.157. The van der Waals surface area contributed by atoms with Gasteiger partial charge >= 0.3 is 5.63 Å². The number of rotatable bonds is 5. The van der Waals surface area contributed by atoms with Crippen molar-refractivity contribution < 1.29 is 4.42 Å². The number of thioether (sulfide) groups is 1. The van der Waals surface area contributed by atoms with E-state index in [2.05, 4.69) is 16.8 Å². The Morgan fingerprint density at radius 1 is 0.971 bits per heavy atom. The van der Waals surface area contributed by atoms with Crippen molar-refractivity contribution in [1.82, 2.24) is 19.2 Å². The molecular formula is C26H18N4O3S. The average Bonchev–Trinajstić information content (AvgIpc) is 3.28. The first-order valence-corrected chi connectivity index (χ1v) is 11.7. The summed E-state index contributed by atoms with van der Waals surface area (Å²) in [5.74, 6) is 0.931. The lowest BCUT2D eigenvalue weighted by atomic mass is 10.0. The molecule has 0 radical (unpaired) electrons. The van der Waals surface area contributed by atoms with E-state index in [0.29, 0.717) is 34.2 Å². The zero-order chi connectivity index (χ0) is 23.2. The maximum absolute atomic E-state index is 13.0. The van der Waals surface area contributed by atoms with Gasteiger partial charge in [-0.15, -0.1) is 16.8 Å². The summed E-state index contributed by atoms with van der Waals surface area (Å²) >= 11 is 1.46. The molecule has 0 unspecified atom stereocenters. The van der Waals surface area contributed by atoms with Gasteiger partial charge in [-0.1, -0.05) is 60.3 Å². The van der Waals surface area contributed by atoms with Crippen LogP contribution in [0.3, 0.4) is 0 Å². The molecule has 8 heteroatoms. The van der Waals surface area contributed by atoms with Crippen molar-refractivity contribution in [3.8, 4) is 0 Å². The summed E-state index contributed by atoms with van der Waals surface area (Å²) in [7, 11) is 0. The van der Waals surface area contributed by atoms with Gasteiger partial charge in [0.05, 0.1) is 10.9 Å². The van der Waals surface area contributed by atoms with E-state index in [1.807, 2.05) is 59.0 Å². The Kier molecular flexibility index (Phi) is 4.81. The molecule has 7 nitrogen and oxygen atoms in total. The molecule has 0 saturated carbocycles. The molecule has 6 rings (SSSR count). The van der Waals surface area contributed by atoms with Gasteiger partial charge in [-0.25, -0.2) is 4.79 Å². The monoisotopic (exact) mass is 466 g/mol. The van der Waals surface area contributed by atoms with Crippen LogP contribution < -0.4 is 11.2 Å². The Labute approximate surface area is 197 Å². The Morgan fingerprint density at radius 3 is 2.62 bits per heavy atom. The number of para-hydroxylation sites is 1. The maximum Gasteiger partial charge on any atom is 0.336 e. The molecule has 0 spiro atoms. The normalized spacial score (nSPS) is 11.6. The highest BCUT2D eigenvalue weighted by Gasteiger charge is 2.17. The summed E-state index contributed by atoms with van der Waals surface area (Å²) in [4.78, 5) is 25.3. The molecular weight excluding hydrogens is 448 g/mol. The van der Waals surface area contributed by atoms with Crippen molar-refractivity contribution in [3.63, 3.8) is 0 Å². The molecule has 3 aromatic carbocycles. The lowest BCUT2D eigenvalue weighted by Gasteiger charge is -2.10. The highest BCUT2D eigenvalue weighted by Crippen LogP contribution is 2.31. The Balaban J connectivity index is 1.53. The van der Waals surface area contributed by atoms with Crippen LogP contribution in [0.15, 0.2) is 98.5 Å². The minimum atomic E-state index is -0.394. The second-order valence-corrected chi connectivity index (χ2v) is 8.82. The highest BCUT2D eigenvalue weighted by atomic mass is 32.2. The zero-order valence-corrected chi connectivity index (χ0v) is 18.8. The largest absolute Gasteiger partial charge is 0.423 e. The summed E-state index contributed by atoms with van der Waals surface area (Å²) in [5, 5.41) is 12.9. The van der Waals surface area contributed by atoms with E-state index in [4.69, 9.17) is 4.42 Å². The number of benzene rings is 3. The first kappa shape index (κ1) is 20.4. The van der Waals surface area contributed by atoms with E-state index >= 15 is 0 Å². The van der Waals surface area contributed by atoms with Gasteiger partial charge in [0.25, 0.3) is 5.56 Å². The van der Waals surface area contributed by atoms with Crippen molar-refractivity contribution in [3.05, 3.63) is 106 Å². The number of nitrogens with zero attached hydrogens (tertiary/aromatic N) is 4. The summed E-state index contributed by atoms with van der Waals surface area (Å²) in [5.41, 5.74) is 1.62. The summed E-state index contributed by atoms with van der Waals surface area (Å²) in [6.45, 7) is 4.09. The predicted molar refractivity (Wildman–Crippen MR) is 135 cm³/mol. The van der Waals surface area contributed by atoms with E-state index < -0.39 is 5.63 Å². The second kappa shape index (κ2) is 8.00. The lowest BCUT2D eigenvalue weighted by molar-refractivity contribution is 0.560. The minimum Gasteiger partial charge on any atom is -0.423 e. The third kappa shape index (κ3) is 3.14. The molecule has 0 atom stereocenters. The van der Waals surface area contributed by atoms with Crippen molar-refractivity contribution in [1.29, 1.82) is 0 Å². The van der Waals surface area contributed by atoms with E-state index in [1.165, 1.54) is 17.8 Å². The van der Waals surface area contributed by atoms with Crippen molar-refractivity contribution in [2.45, 2.75) is 17.5 Å². The van der Waals surface area contributed by atoms with Crippen LogP contribution in [0.1, 0.15) is 5.56 Å². The van der Waals surface area contributed by atoms with Gasteiger partial charge in [0.15, 0.2) is 5.16 Å². The fraction of sp³-hybridized carbons (Fsp3) is 0.0769. The van der Waals surface area contributed by atoms with Crippen LogP contribution in [0.5, 0.6) is 0 Å². The van der Waals surface area contributed by atoms with E-state index in [9.17, 15) is 9.59 Å². The Morgan fingerprint density at radius 2 is 1.76 bits per heavy atom. The Bertz CT molecular complexity index is 1870. The molecule has 0 N–H and O–H groups in total. The van der Waals surface area contributed by atoms with Crippen LogP contribution in [-0.2, 0) is 12.3 Å². The number of hydrogen-bond acceptors (Lipinski definition) is 6. The molecule has 3 heterocycles. The minimum absolute atomic E-state index is 0.134. The lowest BCUT2D eigenvalue weighted by Crippen LogP contribution is -2.22. The molecule has 166 valence electrons. The zero-order valence-electron chi connectivity index (χ0n) is 18.0. The van der Waals surface area contributed by atoms with Crippen LogP contribution >= 0.6 is 11.8 Å². The molecule has 34 heavy (non-hydrogen) atoms. The molecule has 0 aliphatic carbocycles. The SMILES string of the molecule is C=CCn1c(=O)c2ccccc2n2c(SCc3cc(=O)oc4ccc5ccccc5c34)nnc12. The van der Waals surface area contributed by atoms with Gasteiger partial charge < -0.3 is 4.42 Å². The number of fused-ring (bicyclic) bond motifs is 6. The van der Waals surface area contributed by atoms with Crippen LogP contribution in [0.25, 0.3) is 38.4 Å². The standard InChI is InChI=1S/C26H18N4O3S/c1-2-13-29-24(32)19-9-5-6-10-20(19)30-25(29)27-28-26(30)34-15-17-14-22(31)33-21-12-11-16-7-3-4-8-18(16)23(17)21/h2-12,14H,1,13,15H2. The number of aromatic nitrogens is 4. The van der Waals surface area contributed by atoms with Crippen molar-refractivity contribution >= 4 is 50.2 Å². The maximum atomic E-state index is 13.0. The molecule has 6 aromatic rings. The van der Waals surface area contributed by atoms with Gasteiger partial charge in [0.1, 0.15) is 5.58 Å². The van der Waals surface area contributed by atoms with Crippen LogP contribution in [0.4, 0.5) is 0 Å².